The Hall–Kier alpha value is -3.08. The Morgan fingerprint density at radius 3 is 2.39 bits per heavy atom. The number of primary amides is 1. The number of nitrogens with one attached hydrogen (secondary N) is 1. The lowest BCUT2D eigenvalue weighted by molar-refractivity contribution is -0.120. The zero-order chi connectivity index (χ0) is 16.4. The van der Waals surface area contributed by atoms with Crippen LogP contribution in [-0.2, 0) is 11.8 Å². The maximum atomic E-state index is 12.6. The highest BCUT2D eigenvalue weighted by Gasteiger charge is 2.22. The summed E-state index contributed by atoms with van der Waals surface area (Å²) in [4.78, 5) is 24.4. The highest BCUT2D eigenvalue weighted by molar-refractivity contribution is 6.08. The van der Waals surface area contributed by atoms with Gasteiger partial charge in [-0.3, -0.25) is 9.59 Å². The standard InChI is InChI=1S/C18H17N3O2/c1-21-11-14(13-9-5-6-10-15(13)21)18(23)20-16(17(19)22)12-7-3-2-4-8-12/h2-11,16H,1H3,(H2,19,22)(H,20,23)/t16-/m1/s1. The van der Waals surface area contributed by atoms with Gasteiger partial charge >= 0.3 is 0 Å². The smallest absolute Gasteiger partial charge is 0.254 e. The average molecular weight is 307 g/mol. The minimum Gasteiger partial charge on any atom is -0.368 e. The number of aryl methyl sites for hydroxylation is 1. The fourth-order valence-corrected chi connectivity index (χ4v) is 2.70. The van der Waals surface area contributed by atoms with Crippen LogP contribution in [0.1, 0.15) is 22.0 Å². The molecule has 23 heavy (non-hydrogen) atoms. The van der Waals surface area contributed by atoms with Gasteiger partial charge < -0.3 is 15.6 Å². The highest BCUT2D eigenvalue weighted by atomic mass is 16.2. The fraction of sp³-hybridized carbons (Fsp3) is 0.111. The Balaban J connectivity index is 1.94. The van der Waals surface area contributed by atoms with Crippen LogP contribution in [0.4, 0.5) is 0 Å². The molecular formula is C18H17N3O2. The van der Waals surface area contributed by atoms with Gasteiger partial charge in [-0.15, -0.1) is 0 Å². The lowest BCUT2D eigenvalue weighted by Gasteiger charge is -2.15. The van der Waals surface area contributed by atoms with E-state index in [9.17, 15) is 9.59 Å². The molecule has 0 bridgehead atoms. The minimum absolute atomic E-state index is 0.325. The SMILES string of the molecule is Cn1cc(C(=O)N[C@@H](C(N)=O)c2ccccc2)c2ccccc21. The van der Waals surface area contributed by atoms with Gasteiger partial charge in [0.05, 0.1) is 5.56 Å². The maximum Gasteiger partial charge on any atom is 0.254 e. The summed E-state index contributed by atoms with van der Waals surface area (Å²) in [5.74, 6) is -0.917. The van der Waals surface area contributed by atoms with E-state index in [1.807, 2.05) is 41.9 Å². The van der Waals surface area contributed by atoms with Gasteiger partial charge in [-0.25, -0.2) is 0 Å². The number of carbonyl (C=O) groups excluding carboxylic acids is 2. The second-order valence-corrected chi connectivity index (χ2v) is 5.39. The second kappa shape index (κ2) is 5.96. The molecule has 1 aromatic heterocycles. The summed E-state index contributed by atoms with van der Waals surface area (Å²) >= 11 is 0. The normalized spacial score (nSPS) is 12.0. The van der Waals surface area contributed by atoms with Crippen LogP contribution in [0.25, 0.3) is 10.9 Å². The van der Waals surface area contributed by atoms with E-state index in [0.717, 1.165) is 10.9 Å². The van der Waals surface area contributed by atoms with E-state index in [-0.39, 0.29) is 5.91 Å². The van der Waals surface area contributed by atoms with Gasteiger partial charge in [-0.05, 0) is 11.6 Å². The first kappa shape index (κ1) is 14.8. The predicted octanol–water partition coefficient (Wildman–Crippen LogP) is 2.13. The first-order chi connectivity index (χ1) is 11.1. The predicted molar refractivity (Wildman–Crippen MR) is 88.8 cm³/mol. The molecule has 0 aliphatic rings. The van der Waals surface area contributed by atoms with Crippen molar-refractivity contribution in [3.63, 3.8) is 0 Å². The van der Waals surface area contributed by atoms with Crippen LogP contribution in [0.15, 0.2) is 60.8 Å². The summed E-state index contributed by atoms with van der Waals surface area (Å²) in [5, 5.41) is 3.56. The molecule has 0 fully saturated rings. The van der Waals surface area contributed by atoms with Crippen molar-refractivity contribution in [1.29, 1.82) is 0 Å². The monoisotopic (exact) mass is 307 g/mol. The molecule has 2 aromatic carbocycles. The summed E-state index contributed by atoms with van der Waals surface area (Å²) < 4.78 is 1.88. The molecule has 2 amide bonds. The molecule has 0 radical (unpaired) electrons. The van der Waals surface area contributed by atoms with Crippen molar-refractivity contribution in [1.82, 2.24) is 9.88 Å². The number of benzene rings is 2. The topological polar surface area (TPSA) is 77.1 Å². The molecule has 1 atom stereocenters. The van der Waals surface area contributed by atoms with Crippen LogP contribution >= 0.6 is 0 Å². The number of nitrogens with zero attached hydrogens (tertiary/aromatic N) is 1. The summed E-state index contributed by atoms with van der Waals surface area (Å²) in [7, 11) is 1.88. The Morgan fingerprint density at radius 2 is 1.70 bits per heavy atom. The van der Waals surface area contributed by atoms with Crippen molar-refractivity contribution < 1.29 is 9.59 Å². The van der Waals surface area contributed by atoms with E-state index >= 15 is 0 Å². The van der Waals surface area contributed by atoms with Crippen molar-refractivity contribution in [3.8, 4) is 0 Å². The number of nitrogens with two attached hydrogens (primary N) is 1. The van der Waals surface area contributed by atoms with E-state index in [2.05, 4.69) is 5.32 Å². The van der Waals surface area contributed by atoms with Gasteiger partial charge in [-0.1, -0.05) is 48.5 Å². The fourth-order valence-electron chi connectivity index (χ4n) is 2.70. The van der Waals surface area contributed by atoms with Crippen molar-refractivity contribution in [3.05, 3.63) is 71.9 Å². The molecule has 0 saturated heterocycles. The van der Waals surface area contributed by atoms with Crippen LogP contribution in [0.3, 0.4) is 0 Å². The molecule has 0 aliphatic carbocycles. The van der Waals surface area contributed by atoms with Crippen molar-refractivity contribution >= 4 is 22.7 Å². The van der Waals surface area contributed by atoms with Crippen LogP contribution < -0.4 is 11.1 Å². The summed E-state index contributed by atoms with van der Waals surface area (Å²) in [6, 6.07) is 15.7. The quantitative estimate of drug-likeness (QED) is 0.774. The third-order valence-corrected chi connectivity index (χ3v) is 3.83. The van der Waals surface area contributed by atoms with Crippen molar-refractivity contribution in [2.24, 2.45) is 12.8 Å². The highest BCUT2D eigenvalue weighted by Crippen LogP contribution is 2.21. The molecule has 0 spiro atoms. The Morgan fingerprint density at radius 1 is 1.04 bits per heavy atom. The van der Waals surface area contributed by atoms with Gasteiger partial charge in [0.15, 0.2) is 0 Å². The second-order valence-electron chi connectivity index (χ2n) is 5.39. The molecule has 0 saturated carbocycles. The zero-order valence-electron chi connectivity index (χ0n) is 12.7. The Labute approximate surface area is 133 Å². The van der Waals surface area contributed by atoms with Crippen LogP contribution in [0.5, 0.6) is 0 Å². The third kappa shape index (κ3) is 2.81. The molecule has 116 valence electrons. The molecule has 0 unspecified atom stereocenters. The van der Waals surface area contributed by atoms with Gasteiger partial charge in [-0.2, -0.15) is 0 Å². The molecule has 5 nitrogen and oxygen atoms in total. The number of aromatic nitrogens is 1. The van der Waals surface area contributed by atoms with E-state index in [4.69, 9.17) is 5.73 Å². The van der Waals surface area contributed by atoms with Crippen LogP contribution in [0, 0.1) is 0 Å². The largest absolute Gasteiger partial charge is 0.368 e. The lowest BCUT2D eigenvalue weighted by atomic mass is 10.1. The maximum absolute atomic E-state index is 12.6. The third-order valence-electron chi connectivity index (χ3n) is 3.83. The van der Waals surface area contributed by atoms with Gasteiger partial charge in [0, 0.05) is 24.1 Å². The Bertz CT molecular complexity index is 868. The number of fused-ring (bicyclic) bond motifs is 1. The molecule has 3 N–H and O–H groups in total. The first-order valence-corrected chi connectivity index (χ1v) is 7.27. The molecule has 3 rings (SSSR count). The number of carbonyl (C=O) groups is 2. The van der Waals surface area contributed by atoms with Crippen LogP contribution in [0.2, 0.25) is 0 Å². The van der Waals surface area contributed by atoms with Gasteiger partial charge in [0.1, 0.15) is 6.04 Å². The van der Waals surface area contributed by atoms with Crippen LogP contribution in [-0.4, -0.2) is 16.4 Å². The molecule has 1 heterocycles. The number of hydrogen-bond acceptors (Lipinski definition) is 2. The molecule has 0 aliphatic heterocycles. The summed E-state index contributed by atoms with van der Waals surface area (Å²) in [6.45, 7) is 0. The molecule has 3 aromatic rings. The minimum atomic E-state index is -0.859. The van der Waals surface area contributed by atoms with Crippen molar-refractivity contribution in [2.75, 3.05) is 0 Å². The Kier molecular flexibility index (Phi) is 3.85. The summed E-state index contributed by atoms with van der Waals surface area (Å²) in [5.41, 5.74) is 7.59. The van der Waals surface area contributed by atoms with Crippen molar-refractivity contribution in [2.45, 2.75) is 6.04 Å². The number of para-hydroxylation sites is 1. The first-order valence-electron chi connectivity index (χ1n) is 7.27. The summed E-state index contributed by atoms with van der Waals surface area (Å²) in [6.07, 6.45) is 1.75. The lowest BCUT2D eigenvalue weighted by Crippen LogP contribution is -2.37. The van der Waals surface area contributed by atoms with E-state index in [0.29, 0.717) is 11.1 Å². The number of amides is 2. The van der Waals surface area contributed by atoms with E-state index in [1.54, 1.807) is 30.5 Å². The molecule has 5 heteroatoms. The van der Waals surface area contributed by atoms with Gasteiger partial charge in [0.25, 0.3) is 5.91 Å². The molecular weight excluding hydrogens is 290 g/mol. The van der Waals surface area contributed by atoms with E-state index in [1.165, 1.54) is 0 Å². The van der Waals surface area contributed by atoms with Gasteiger partial charge in [0.2, 0.25) is 5.91 Å². The van der Waals surface area contributed by atoms with E-state index < -0.39 is 11.9 Å². The zero-order valence-corrected chi connectivity index (χ0v) is 12.7. The average Bonchev–Trinajstić information content (AvgIpc) is 2.90. The number of hydrogen-bond donors (Lipinski definition) is 2. The number of rotatable bonds is 4.